The van der Waals surface area contributed by atoms with Gasteiger partial charge in [-0.15, -0.1) is 5.10 Å². The highest BCUT2D eigenvalue weighted by Gasteiger charge is 2.42. The van der Waals surface area contributed by atoms with Crippen LogP contribution in [-0.4, -0.2) is 37.4 Å². The summed E-state index contributed by atoms with van der Waals surface area (Å²) in [6.45, 7) is 6.13. The standard InChI is InChI=1S/C20H27N5OS/c1-12-4-8-17(9-5-12)25-20(22-23-24-25)27-14(3)19(26)21-13(2)18-11-15-6-7-16(18)10-15/h4-5,8-9,13-16,18H,6-7,10-11H2,1-3H3,(H,21,26). The van der Waals surface area contributed by atoms with Crippen molar-refractivity contribution in [1.82, 2.24) is 25.5 Å². The number of hydrogen-bond acceptors (Lipinski definition) is 5. The van der Waals surface area contributed by atoms with Gasteiger partial charge in [0.05, 0.1) is 10.9 Å². The van der Waals surface area contributed by atoms with E-state index in [1.165, 1.54) is 43.0 Å². The Morgan fingerprint density at radius 3 is 2.67 bits per heavy atom. The van der Waals surface area contributed by atoms with Gasteiger partial charge in [0, 0.05) is 6.04 Å². The van der Waals surface area contributed by atoms with Gasteiger partial charge in [0.25, 0.3) is 0 Å². The van der Waals surface area contributed by atoms with Gasteiger partial charge in [-0.3, -0.25) is 4.79 Å². The van der Waals surface area contributed by atoms with Gasteiger partial charge >= 0.3 is 0 Å². The second-order valence-electron chi connectivity index (χ2n) is 8.10. The summed E-state index contributed by atoms with van der Waals surface area (Å²) in [5, 5.41) is 15.6. The number of amides is 1. The predicted molar refractivity (Wildman–Crippen MR) is 106 cm³/mol. The molecule has 1 aromatic heterocycles. The molecule has 1 N–H and O–H groups in total. The van der Waals surface area contributed by atoms with Gasteiger partial charge in [-0.25, -0.2) is 0 Å². The van der Waals surface area contributed by atoms with Gasteiger partial charge < -0.3 is 5.32 Å². The molecule has 4 rings (SSSR count). The van der Waals surface area contributed by atoms with Crippen LogP contribution in [0, 0.1) is 24.7 Å². The molecule has 0 radical (unpaired) electrons. The number of tetrazole rings is 1. The van der Waals surface area contributed by atoms with Crippen LogP contribution >= 0.6 is 11.8 Å². The van der Waals surface area contributed by atoms with Crippen LogP contribution in [0.25, 0.3) is 5.69 Å². The minimum atomic E-state index is -0.249. The van der Waals surface area contributed by atoms with Gasteiger partial charge in [0.15, 0.2) is 0 Å². The summed E-state index contributed by atoms with van der Waals surface area (Å²) < 4.78 is 1.69. The van der Waals surface area contributed by atoms with Gasteiger partial charge in [-0.1, -0.05) is 35.9 Å². The van der Waals surface area contributed by atoms with Crippen molar-refractivity contribution in [2.45, 2.75) is 62.9 Å². The molecule has 6 nitrogen and oxygen atoms in total. The first-order valence-electron chi connectivity index (χ1n) is 9.83. The largest absolute Gasteiger partial charge is 0.352 e. The molecule has 2 saturated carbocycles. The van der Waals surface area contributed by atoms with Crippen LogP contribution in [0.5, 0.6) is 0 Å². The fraction of sp³-hybridized carbons (Fsp3) is 0.600. The number of carbonyl (C=O) groups excluding carboxylic acids is 1. The number of fused-ring (bicyclic) bond motifs is 2. The summed E-state index contributed by atoms with van der Waals surface area (Å²) in [4.78, 5) is 12.7. The van der Waals surface area contributed by atoms with E-state index in [1.54, 1.807) is 4.68 Å². The molecule has 5 atom stereocenters. The zero-order valence-electron chi connectivity index (χ0n) is 16.1. The van der Waals surface area contributed by atoms with E-state index in [0.29, 0.717) is 11.1 Å². The molecule has 2 bridgehead atoms. The number of nitrogens with zero attached hydrogens (tertiary/aromatic N) is 4. The molecule has 2 aliphatic rings. The highest BCUT2D eigenvalue weighted by Crippen LogP contribution is 2.49. The Hall–Kier alpha value is -1.89. The summed E-state index contributed by atoms with van der Waals surface area (Å²) in [6.07, 6.45) is 5.36. The first-order valence-corrected chi connectivity index (χ1v) is 10.7. The van der Waals surface area contributed by atoms with Crippen molar-refractivity contribution in [3.63, 3.8) is 0 Å². The number of rotatable bonds is 6. The Bertz CT molecular complexity index is 805. The van der Waals surface area contributed by atoms with Crippen molar-refractivity contribution in [2.75, 3.05) is 0 Å². The number of hydrogen-bond donors (Lipinski definition) is 1. The molecular weight excluding hydrogens is 358 g/mol. The van der Waals surface area contributed by atoms with Crippen molar-refractivity contribution in [1.29, 1.82) is 0 Å². The van der Waals surface area contributed by atoms with Crippen molar-refractivity contribution >= 4 is 17.7 Å². The number of carbonyl (C=O) groups is 1. The van der Waals surface area contributed by atoms with E-state index in [4.69, 9.17) is 0 Å². The van der Waals surface area contributed by atoms with E-state index in [2.05, 4.69) is 27.8 Å². The van der Waals surface area contributed by atoms with Crippen molar-refractivity contribution < 1.29 is 4.79 Å². The molecule has 0 aliphatic heterocycles. The van der Waals surface area contributed by atoms with E-state index in [9.17, 15) is 4.79 Å². The van der Waals surface area contributed by atoms with Gasteiger partial charge in [-0.05, 0) is 80.3 Å². The average molecular weight is 386 g/mol. The molecule has 0 saturated heterocycles. The van der Waals surface area contributed by atoms with Crippen LogP contribution in [0.4, 0.5) is 0 Å². The van der Waals surface area contributed by atoms with Gasteiger partial charge in [-0.2, -0.15) is 4.68 Å². The number of aryl methyl sites for hydroxylation is 1. The van der Waals surface area contributed by atoms with Crippen molar-refractivity contribution in [3.05, 3.63) is 29.8 Å². The normalized spacial score (nSPS) is 26.1. The average Bonchev–Trinajstić information content (AvgIpc) is 3.39. The van der Waals surface area contributed by atoms with Crippen LogP contribution in [0.2, 0.25) is 0 Å². The maximum Gasteiger partial charge on any atom is 0.233 e. The summed E-state index contributed by atoms with van der Waals surface area (Å²) >= 11 is 1.40. The first kappa shape index (κ1) is 18.5. The molecule has 5 unspecified atom stereocenters. The second-order valence-corrected chi connectivity index (χ2v) is 9.41. The lowest BCUT2D eigenvalue weighted by Gasteiger charge is -2.29. The Labute approximate surface area is 164 Å². The Balaban J connectivity index is 1.38. The lowest BCUT2D eigenvalue weighted by molar-refractivity contribution is -0.121. The highest BCUT2D eigenvalue weighted by atomic mass is 32.2. The fourth-order valence-corrected chi connectivity index (χ4v) is 5.48. The quantitative estimate of drug-likeness (QED) is 0.772. The molecule has 144 valence electrons. The van der Waals surface area contributed by atoms with E-state index in [1.807, 2.05) is 38.1 Å². The van der Waals surface area contributed by atoms with Crippen molar-refractivity contribution in [3.8, 4) is 5.69 Å². The lowest BCUT2D eigenvalue weighted by atomic mass is 9.84. The third-order valence-corrected chi connectivity index (χ3v) is 7.21. The third kappa shape index (κ3) is 3.88. The number of nitrogens with one attached hydrogen (secondary N) is 1. The highest BCUT2D eigenvalue weighted by molar-refractivity contribution is 8.00. The summed E-state index contributed by atoms with van der Waals surface area (Å²) in [7, 11) is 0. The van der Waals surface area contributed by atoms with Crippen LogP contribution in [0.1, 0.15) is 45.1 Å². The molecule has 27 heavy (non-hydrogen) atoms. The smallest absolute Gasteiger partial charge is 0.233 e. The second kappa shape index (κ2) is 7.62. The minimum absolute atomic E-state index is 0.0636. The maximum atomic E-state index is 12.7. The van der Waals surface area contributed by atoms with Crippen LogP contribution in [-0.2, 0) is 4.79 Å². The molecule has 1 heterocycles. The third-order valence-electron chi connectivity index (χ3n) is 6.18. The number of thioether (sulfide) groups is 1. The van der Waals surface area contributed by atoms with E-state index < -0.39 is 0 Å². The fourth-order valence-electron chi connectivity index (χ4n) is 4.67. The summed E-state index contributed by atoms with van der Waals surface area (Å²) in [6, 6.07) is 8.26. The number of benzene rings is 1. The van der Waals surface area contributed by atoms with Crippen LogP contribution in [0.3, 0.4) is 0 Å². The summed E-state index contributed by atoms with van der Waals surface area (Å²) in [5.41, 5.74) is 2.08. The Kier molecular flexibility index (Phi) is 5.21. The number of aromatic nitrogens is 4. The maximum absolute atomic E-state index is 12.7. The van der Waals surface area contributed by atoms with Gasteiger partial charge in [0.1, 0.15) is 0 Å². The van der Waals surface area contributed by atoms with E-state index >= 15 is 0 Å². The Morgan fingerprint density at radius 2 is 2.00 bits per heavy atom. The lowest BCUT2D eigenvalue weighted by Crippen LogP contribution is -2.43. The van der Waals surface area contributed by atoms with Gasteiger partial charge in [0.2, 0.25) is 11.1 Å². The molecule has 2 aliphatic carbocycles. The summed E-state index contributed by atoms with van der Waals surface area (Å²) in [5.74, 6) is 2.41. The molecule has 2 fully saturated rings. The SMILES string of the molecule is Cc1ccc(-n2nnnc2SC(C)C(=O)NC(C)C2CC3CCC2C3)cc1. The molecule has 7 heteroatoms. The zero-order chi connectivity index (χ0) is 19.0. The van der Waals surface area contributed by atoms with Crippen LogP contribution in [0.15, 0.2) is 29.4 Å². The topological polar surface area (TPSA) is 72.7 Å². The molecule has 0 spiro atoms. The molecule has 1 aromatic carbocycles. The molecular formula is C20H27N5OS. The van der Waals surface area contributed by atoms with Crippen molar-refractivity contribution in [2.24, 2.45) is 17.8 Å². The van der Waals surface area contributed by atoms with E-state index in [0.717, 1.165) is 17.5 Å². The minimum Gasteiger partial charge on any atom is -0.352 e. The zero-order valence-corrected chi connectivity index (χ0v) is 16.9. The Morgan fingerprint density at radius 1 is 1.22 bits per heavy atom. The predicted octanol–water partition coefficient (Wildman–Crippen LogP) is 3.39. The molecule has 2 aromatic rings. The van der Waals surface area contributed by atoms with E-state index in [-0.39, 0.29) is 17.2 Å². The monoisotopic (exact) mass is 385 g/mol. The first-order chi connectivity index (χ1) is 13.0. The van der Waals surface area contributed by atoms with Crippen LogP contribution < -0.4 is 5.32 Å². The molecule has 1 amide bonds.